The predicted molar refractivity (Wildman–Crippen MR) is 71.0 cm³/mol. The topological polar surface area (TPSA) is 42.0 Å². The maximum atomic E-state index is 12.2. The van der Waals surface area contributed by atoms with Gasteiger partial charge in [0.25, 0.3) is 5.91 Å². The Hall–Kier alpha value is -0.800. The van der Waals surface area contributed by atoms with Gasteiger partial charge in [-0.15, -0.1) is 0 Å². The molecule has 1 aromatic heterocycles. The summed E-state index contributed by atoms with van der Waals surface area (Å²) in [5, 5.41) is 3.72. The molecule has 1 N–H and O–H groups in total. The van der Waals surface area contributed by atoms with Crippen LogP contribution in [0.1, 0.15) is 36.2 Å². The zero-order valence-electron chi connectivity index (χ0n) is 9.83. The first-order valence-corrected chi connectivity index (χ1v) is 7.03. The molecule has 0 aromatic carbocycles. The normalized spacial score (nSPS) is 19.1. The maximum absolute atomic E-state index is 12.2. The average molecular weight is 285 g/mol. The van der Waals surface area contributed by atoms with E-state index in [1.54, 1.807) is 12.1 Å². The minimum atomic E-state index is -0.203. The lowest BCUT2D eigenvalue weighted by atomic mass is 10.1. The molecule has 1 heterocycles. The van der Waals surface area contributed by atoms with E-state index in [1.807, 2.05) is 0 Å². The second-order valence-electron chi connectivity index (χ2n) is 5.14. The number of hydrogen-bond acceptors (Lipinski definition) is 2. The smallest absolute Gasteiger partial charge is 0.271 e. The van der Waals surface area contributed by atoms with Gasteiger partial charge in [-0.25, -0.2) is 4.98 Å². The van der Waals surface area contributed by atoms with Crippen molar-refractivity contribution in [1.29, 1.82) is 0 Å². The molecule has 3 nitrogen and oxygen atoms in total. The van der Waals surface area contributed by atoms with E-state index in [4.69, 9.17) is 23.2 Å². The van der Waals surface area contributed by atoms with Crippen molar-refractivity contribution in [3.05, 3.63) is 28.0 Å². The summed E-state index contributed by atoms with van der Waals surface area (Å²) in [5.74, 6) is 1.10. The van der Waals surface area contributed by atoms with Gasteiger partial charge in [0.15, 0.2) is 0 Å². The van der Waals surface area contributed by atoms with Gasteiger partial charge in [-0.1, -0.05) is 23.2 Å². The van der Waals surface area contributed by atoms with E-state index in [9.17, 15) is 4.79 Å². The first kappa shape index (κ1) is 12.2. The van der Waals surface area contributed by atoms with E-state index in [2.05, 4.69) is 10.3 Å². The summed E-state index contributed by atoms with van der Waals surface area (Å²) in [4.78, 5) is 16.2. The number of halogens is 2. The molecule has 2 saturated carbocycles. The Labute approximate surface area is 116 Å². The van der Waals surface area contributed by atoms with Crippen LogP contribution in [0.25, 0.3) is 0 Å². The molecule has 0 spiro atoms. The summed E-state index contributed by atoms with van der Waals surface area (Å²) < 4.78 is 0. The van der Waals surface area contributed by atoms with E-state index in [0.29, 0.717) is 28.1 Å². The summed E-state index contributed by atoms with van der Waals surface area (Å²) >= 11 is 11.8. The number of pyridine rings is 1. The largest absolute Gasteiger partial charge is 0.347 e. The van der Waals surface area contributed by atoms with Gasteiger partial charge >= 0.3 is 0 Å². The molecule has 96 valence electrons. The van der Waals surface area contributed by atoms with E-state index in [-0.39, 0.29) is 11.6 Å². The molecule has 2 aliphatic carbocycles. The van der Waals surface area contributed by atoms with E-state index < -0.39 is 0 Å². The molecule has 0 unspecified atom stereocenters. The van der Waals surface area contributed by atoms with E-state index in [1.165, 1.54) is 25.7 Å². The molecule has 2 aliphatic rings. The summed E-state index contributed by atoms with van der Waals surface area (Å²) in [5.41, 5.74) is 0.232. The van der Waals surface area contributed by atoms with Crippen LogP contribution in [-0.2, 0) is 0 Å². The zero-order valence-corrected chi connectivity index (χ0v) is 11.3. The highest BCUT2D eigenvalue weighted by atomic mass is 35.5. The minimum Gasteiger partial charge on any atom is -0.347 e. The van der Waals surface area contributed by atoms with Crippen LogP contribution in [-0.4, -0.2) is 16.9 Å². The van der Waals surface area contributed by atoms with Crippen molar-refractivity contribution in [3.63, 3.8) is 0 Å². The van der Waals surface area contributed by atoms with Gasteiger partial charge in [0.2, 0.25) is 0 Å². The predicted octanol–water partition coefficient (Wildman–Crippen LogP) is 3.31. The summed E-state index contributed by atoms with van der Waals surface area (Å²) in [6.07, 6.45) is 4.88. The number of rotatable bonds is 4. The number of nitrogens with one attached hydrogen (secondary N) is 1. The van der Waals surface area contributed by atoms with Crippen molar-refractivity contribution in [2.24, 2.45) is 11.8 Å². The molecular formula is C13H14Cl2N2O. The molecule has 2 fully saturated rings. The Bertz CT molecular complexity index is 472. The van der Waals surface area contributed by atoms with Crippen LogP contribution in [0, 0.1) is 11.8 Å². The molecule has 18 heavy (non-hydrogen) atoms. The van der Waals surface area contributed by atoms with Gasteiger partial charge < -0.3 is 5.32 Å². The highest BCUT2D eigenvalue weighted by molar-refractivity contribution is 6.34. The molecule has 0 atom stereocenters. The highest BCUT2D eigenvalue weighted by Crippen LogP contribution is 2.44. The van der Waals surface area contributed by atoms with Crippen molar-refractivity contribution in [1.82, 2.24) is 10.3 Å². The maximum Gasteiger partial charge on any atom is 0.271 e. The van der Waals surface area contributed by atoms with Crippen LogP contribution in [0.3, 0.4) is 0 Å². The molecule has 0 saturated heterocycles. The van der Waals surface area contributed by atoms with Crippen LogP contribution in [0.15, 0.2) is 12.1 Å². The monoisotopic (exact) mass is 284 g/mol. The van der Waals surface area contributed by atoms with Gasteiger partial charge in [0, 0.05) is 6.04 Å². The standard InChI is InChI=1S/C13H14Cl2N2O/c14-9-5-6-10(15)16-12(9)13(18)17-11(7-1-2-7)8-3-4-8/h5-8,11H,1-4H2,(H,17,18). The van der Waals surface area contributed by atoms with Crippen LogP contribution in [0.4, 0.5) is 0 Å². The Morgan fingerprint density at radius 3 is 2.39 bits per heavy atom. The van der Waals surface area contributed by atoms with Crippen molar-refractivity contribution in [3.8, 4) is 0 Å². The quantitative estimate of drug-likeness (QED) is 0.862. The van der Waals surface area contributed by atoms with Gasteiger partial charge in [0.1, 0.15) is 10.8 Å². The molecule has 0 aliphatic heterocycles. The van der Waals surface area contributed by atoms with Gasteiger partial charge in [-0.2, -0.15) is 0 Å². The lowest BCUT2D eigenvalue weighted by Gasteiger charge is -2.17. The number of amides is 1. The van der Waals surface area contributed by atoms with E-state index >= 15 is 0 Å². The SMILES string of the molecule is O=C(NC(C1CC1)C1CC1)c1nc(Cl)ccc1Cl. The second kappa shape index (κ2) is 4.71. The Balaban J connectivity index is 1.75. The number of nitrogens with zero attached hydrogens (tertiary/aromatic N) is 1. The third-order valence-electron chi connectivity index (χ3n) is 3.58. The van der Waals surface area contributed by atoms with E-state index in [0.717, 1.165) is 0 Å². The van der Waals surface area contributed by atoms with Crippen LogP contribution >= 0.6 is 23.2 Å². The van der Waals surface area contributed by atoms with Gasteiger partial charge in [-0.3, -0.25) is 4.79 Å². The Morgan fingerprint density at radius 1 is 1.22 bits per heavy atom. The lowest BCUT2D eigenvalue weighted by Crippen LogP contribution is -2.38. The fourth-order valence-corrected chi connectivity index (χ4v) is 2.67. The summed E-state index contributed by atoms with van der Waals surface area (Å²) in [6.45, 7) is 0. The number of carbonyl (C=O) groups is 1. The summed E-state index contributed by atoms with van der Waals surface area (Å²) in [6, 6.07) is 3.49. The molecule has 0 radical (unpaired) electrons. The number of aromatic nitrogens is 1. The Morgan fingerprint density at radius 2 is 1.83 bits per heavy atom. The first-order valence-electron chi connectivity index (χ1n) is 6.28. The van der Waals surface area contributed by atoms with Crippen LogP contribution in [0.2, 0.25) is 10.2 Å². The lowest BCUT2D eigenvalue weighted by molar-refractivity contribution is 0.0921. The fourth-order valence-electron chi connectivity index (χ4n) is 2.33. The van der Waals surface area contributed by atoms with Crippen molar-refractivity contribution >= 4 is 29.1 Å². The Kier molecular flexibility index (Phi) is 3.20. The van der Waals surface area contributed by atoms with Crippen molar-refractivity contribution in [2.45, 2.75) is 31.7 Å². The molecule has 0 bridgehead atoms. The zero-order chi connectivity index (χ0) is 12.7. The molecule has 1 amide bonds. The fraction of sp³-hybridized carbons (Fsp3) is 0.538. The minimum absolute atomic E-state index is 0.203. The van der Waals surface area contributed by atoms with Crippen LogP contribution < -0.4 is 5.32 Å². The van der Waals surface area contributed by atoms with Crippen molar-refractivity contribution in [2.75, 3.05) is 0 Å². The first-order chi connectivity index (χ1) is 8.65. The molecule has 1 aromatic rings. The molecular weight excluding hydrogens is 271 g/mol. The number of hydrogen-bond donors (Lipinski definition) is 1. The molecule has 3 rings (SSSR count). The van der Waals surface area contributed by atoms with Gasteiger partial charge in [0.05, 0.1) is 5.02 Å². The third kappa shape index (κ3) is 2.62. The highest BCUT2D eigenvalue weighted by Gasteiger charge is 2.42. The average Bonchev–Trinajstić information content (AvgIpc) is 3.21. The van der Waals surface area contributed by atoms with Gasteiger partial charge in [-0.05, 0) is 49.7 Å². The summed E-state index contributed by atoms with van der Waals surface area (Å²) in [7, 11) is 0. The second-order valence-corrected chi connectivity index (χ2v) is 5.93. The van der Waals surface area contributed by atoms with Crippen molar-refractivity contribution < 1.29 is 4.79 Å². The molecule has 5 heteroatoms. The third-order valence-corrected chi connectivity index (χ3v) is 4.10. The number of carbonyl (C=O) groups excluding carboxylic acids is 1. The van der Waals surface area contributed by atoms with Crippen LogP contribution in [0.5, 0.6) is 0 Å².